The Morgan fingerprint density at radius 3 is 2.85 bits per heavy atom. The normalized spacial score (nSPS) is 16.7. The Labute approximate surface area is 86.5 Å². The summed E-state index contributed by atoms with van der Waals surface area (Å²) >= 11 is 0. The van der Waals surface area contributed by atoms with Crippen molar-refractivity contribution in [2.45, 2.75) is 18.2 Å². The first kappa shape index (κ1) is 9.17. The minimum absolute atomic E-state index is 0.137. The Morgan fingerprint density at radius 1 is 1.38 bits per heavy atom. The molecule has 0 fully saturated rings. The quantitative estimate of drug-likeness (QED) is 0.625. The van der Waals surface area contributed by atoms with Crippen LogP contribution in [0.4, 0.5) is 0 Å². The summed E-state index contributed by atoms with van der Waals surface area (Å²) < 4.78 is 0. The first-order valence-electron chi connectivity index (χ1n) is 4.30. The van der Waals surface area contributed by atoms with Crippen molar-refractivity contribution in [3.8, 4) is 0 Å². The summed E-state index contributed by atoms with van der Waals surface area (Å²) in [4.78, 5) is 1.31. The van der Waals surface area contributed by atoms with Gasteiger partial charge in [-0.15, -0.1) is 0 Å². The van der Waals surface area contributed by atoms with Crippen LogP contribution in [0.1, 0.15) is 18.1 Å². The number of allylic oxidation sites excluding steroid dienone is 1. The van der Waals surface area contributed by atoms with Crippen molar-refractivity contribution in [1.82, 2.24) is 0 Å². The predicted octanol–water partition coefficient (Wildman–Crippen LogP) is 3.41. The highest BCUT2D eigenvalue weighted by Gasteiger charge is 2.22. The molecular formula is C11H12ClS+. The highest BCUT2D eigenvalue weighted by molar-refractivity contribution is 8.17. The lowest BCUT2D eigenvalue weighted by Crippen LogP contribution is -1.96. The van der Waals surface area contributed by atoms with Crippen LogP contribution in [-0.2, 0) is 16.5 Å². The summed E-state index contributed by atoms with van der Waals surface area (Å²) in [5.74, 6) is 0. The molecule has 0 spiro atoms. The van der Waals surface area contributed by atoms with Gasteiger partial charge in [0, 0.05) is 5.56 Å². The Morgan fingerprint density at radius 2 is 2.15 bits per heavy atom. The third-order valence-electron chi connectivity index (χ3n) is 2.33. The molecule has 0 N–H and O–H groups in total. The monoisotopic (exact) mass is 211 g/mol. The van der Waals surface area contributed by atoms with Crippen molar-refractivity contribution < 1.29 is 0 Å². The van der Waals surface area contributed by atoms with Gasteiger partial charge in [0.25, 0.3) is 0 Å². The summed E-state index contributed by atoms with van der Waals surface area (Å²) in [6.45, 7) is 2.17. The van der Waals surface area contributed by atoms with Crippen LogP contribution in [0.15, 0.2) is 28.7 Å². The highest BCUT2D eigenvalue weighted by atomic mass is 35.7. The van der Waals surface area contributed by atoms with Crippen LogP contribution < -0.4 is 0 Å². The molecule has 0 nitrogen and oxygen atoms in total. The van der Waals surface area contributed by atoms with Gasteiger partial charge in [0.05, 0.1) is 0 Å². The number of hydrogen-bond donors (Lipinski definition) is 0. The van der Waals surface area contributed by atoms with E-state index < -0.39 is 0 Å². The summed E-state index contributed by atoms with van der Waals surface area (Å²) in [7, 11) is 6.00. The molecular weight excluding hydrogens is 200 g/mol. The zero-order valence-corrected chi connectivity index (χ0v) is 9.38. The van der Waals surface area contributed by atoms with Gasteiger partial charge in [0.15, 0.2) is 15.6 Å². The molecule has 1 aromatic carbocycles. The molecule has 0 aliphatic heterocycles. The standard InChI is InChI=1S/C11H12ClS/c1-8-6-9-4-3-5-11(13(2)12)10(9)7-8/h3-6H,7H2,1-2H3/q+1. The molecule has 1 aromatic rings. The molecule has 1 unspecified atom stereocenters. The third kappa shape index (κ3) is 1.63. The first-order chi connectivity index (χ1) is 6.18. The van der Waals surface area contributed by atoms with Crippen LogP contribution in [0.25, 0.3) is 6.08 Å². The zero-order chi connectivity index (χ0) is 9.42. The topological polar surface area (TPSA) is 0 Å². The lowest BCUT2D eigenvalue weighted by Gasteiger charge is -2.01. The minimum Gasteiger partial charge on any atom is -0.0681 e. The molecule has 2 rings (SSSR count). The third-order valence-corrected chi connectivity index (χ3v) is 3.82. The Balaban J connectivity index is 2.51. The fourth-order valence-corrected chi connectivity index (χ4v) is 3.00. The van der Waals surface area contributed by atoms with E-state index in [1.165, 1.54) is 21.6 Å². The van der Waals surface area contributed by atoms with Crippen molar-refractivity contribution in [3.05, 3.63) is 34.9 Å². The second kappa shape index (κ2) is 3.39. The fraction of sp³-hybridized carbons (Fsp3) is 0.273. The van der Waals surface area contributed by atoms with Crippen molar-refractivity contribution in [1.29, 1.82) is 0 Å². The van der Waals surface area contributed by atoms with Gasteiger partial charge in [-0.1, -0.05) is 23.8 Å². The SMILES string of the molecule is CC1=Cc2cccc([S+](C)Cl)c2C1. The molecule has 0 heterocycles. The molecule has 1 aliphatic carbocycles. The van der Waals surface area contributed by atoms with Crippen LogP contribution in [0, 0.1) is 0 Å². The van der Waals surface area contributed by atoms with Crippen LogP contribution in [0.3, 0.4) is 0 Å². The first-order valence-corrected chi connectivity index (χ1v) is 6.75. The molecule has 0 saturated heterocycles. The molecule has 0 amide bonds. The summed E-state index contributed by atoms with van der Waals surface area (Å²) in [5, 5.41) is 0. The van der Waals surface area contributed by atoms with Crippen LogP contribution in [-0.4, -0.2) is 6.26 Å². The van der Waals surface area contributed by atoms with E-state index in [1.54, 1.807) is 0 Å². The van der Waals surface area contributed by atoms with Gasteiger partial charge >= 0.3 is 0 Å². The zero-order valence-electron chi connectivity index (χ0n) is 7.80. The fourth-order valence-electron chi connectivity index (χ4n) is 1.77. The second-order valence-corrected chi connectivity index (χ2v) is 6.13. The van der Waals surface area contributed by atoms with E-state index in [1.807, 2.05) is 0 Å². The van der Waals surface area contributed by atoms with E-state index >= 15 is 0 Å². The molecule has 2 heteroatoms. The average molecular weight is 212 g/mol. The Kier molecular flexibility index (Phi) is 2.39. The summed E-state index contributed by atoms with van der Waals surface area (Å²) in [6, 6.07) is 6.40. The van der Waals surface area contributed by atoms with E-state index in [4.69, 9.17) is 10.7 Å². The largest absolute Gasteiger partial charge is 0.182 e. The Hall–Kier alpha value is -0.400. The van der Waals surface area contributed by atoms with E-state index in [-0.39, 0.29) is 10.1 Å². The van der Waals surface area contributed by atoms with Crippen LogP contribution >= 0.6 is 10.7 Å². The molecule has 0 radical (unpaired) electrons. The maximum Gasteiger partial charge on any atom is 0.182 e. The van der Waals surface area contributed by atoms with Gasteiger partial charge in [0.1, 0.15) is 16.4 Å². The van der Waals surface area contributed by atoms with E-state index in [0.717, 1.165) is 6.42 Å². The smallest absolute Gasteiger partial charge is 0.0681 e. The molecule has 0 bridgehead atoms. The number of rotatable bonds is 1. The van der Waals surface area contributed by atoms with E-state index in [0.29, 0.717) is 0 Å². The molecule has 0 aromatic heterocycles. The molecule has 0 saturated carbocycles. The van der Waals surface area contributed by atoms with Gasteiger partial charge < -0.3 is 0 Å². The summed E-state index contributed by atoms with van der Waals surface area (Å²) in [5.41, 5.74) is 4.22. The number of hydrogen-bond acceptors (Lipinski definition) is 0. The molecule has 1 atom stereocenters. The van der Waals surface area contributed by atoms with Crippen molar-refractivity contribution >= 4 is 26.9 Å². The molecule has 68 valence electrons. The Bertz CT molecular complexity index is 366. The minimum atomic E-state index is -0.137. The lowest BCUT2D eigenvalue weighted by atomic mass is 10.1. The van der Waals surface area contributed by atoms with Crippen molar-refractivity contribution in [2.24, 2.45) is 0 Å². The molecule has 1 aliphatic rings. The van der Waals surface area contributed by atoms with Gasteiger partial charge in [-0.2, -0.15) is 0 Å². The maximum absolute atomic E-state index is 6.14. The maximum atomic E-state index is 6.14. The van der Waals surface area contributed by atoms with Gasteiger partial charge in [-0.25, -0.2) is 0 Å². The van der Waals surface area contributed by atoms with Gasteiger partial charge in [-0.05, 0) is 25.0 Å². The molecule has 13 heavy (non-hydrogen) atoms. The second-order valence-electron chi connectivity index (χ2n) is 3.43. The van der Waals surface area contributed by atoms with Crippen LogP contribution in [0.2, 0.25) is 0 Å². The number of benzene rings is 1. The average Bonchev–Trinajstić information content (AvgIpc) is 2.43. The van der Waals surface area contributed by atoms with Crippen molar-refractivity contribution in [3.63, 3.8) is 0 Å². The van der Waals surface area contributed by atoms with Gasteiger partial charge in [0.2, 0.25) is 0 Å². The number of fused-ring (bicyclic) bond motifs is 1. The van der Waals surface area contributed by atoms with Crippen molar-refractivity contribution in [2.75, 3.05) is 6.26 Å². The van der Waals surface area contributed by atoms with Crippen LogP contribution in [0.5, 0.6) is 0 Å². The summed E-state index contributed by atoms with van der Waals surface area (Å²) in [6.07, 6.45) is 5.39. The number of halogens is 1. The van der Waals surface area contributed by atoms with E-state index in [9.17, 15) is 0 Å². The lowest BCUT2D eigenvalue weighted by molar-refractivity contribution is 1.13. The van der Waals surface area contributed by atoms with E-state index in [2.05, 4.69) is 37.5 Å². The van der Waals surface area contributed by atoms with Gasteiger partial charge in [-0.3, -0.25) is 0 Å². The predicted molar refractivity (Wildman–Crippen MR) is 61.2 cm³/mol. The highest BCUT2D eigenvalue weighted by Crippen LogP contribution is 2.31.